The summed E-state index contributed by atoms with van der Waals surface area (Å²) in [5.41, 5.74) is -0.360. The first-order chi connectivity index (χ1) is 9.05. The Bertz CT molecular complexity index is 489. The number of ether oxygens (including phenoxy) is 2. The lowest BCUT2D eigenvalue weighted by Crippen LogP contribution is -2.33. The van der Waals surface area contributed by atoms with Crippen LogP contribution in [0.1, 0.15) is 31.2 Å². The van der Waals surface area contributed by atoms with Crippen molar-refractivity contribution in [1.29, 1.82) is 0 Å². The van der Waals surface area contributed by atoms with Crippen molar-refractivity contribution in [2.45, 2.75) is 31.1 Å². The van der Waals surface area contributed by atoms with Crippen LogP contribution in [0.25, 0.3) is 0 Å². The van der Waals surface area contributed by atoms with E-state index < -0.39 is 11.4 Å². The Morgan fingerprint density at radius 2 is 1.74 bits per heavy atom. The monoisotopic (exact) mass is 266 g/mol. The van der Waals surface area contributed by atoms with E-state index in [1.165, 1.54) is 20.3 Å². The van der Waals surface area contributed by atoms with Gasteiger partial charge in [0.25, 0.3) is 0 Å². The average Bonchev–Trinajstić information content (AvgIpc) is 2.88. The smallest absolute Gasteiger partial charge is 0.314 e. The van der Waals surface area contributed by atoms with Gasteiger partial charge in [0.15, 0.2) is 11.5 Å². The molecule has 1 aromatic carbocycles. The molecule has 0 aromatic heterocycles. The zero-order chi connectivity index (χ0) is 14.0. The van der Waals surface area contributed by atoms with Crippen molar-refractivity contribution in [3.8, 4) is 17.2 Å². The van der Waals surface area contributed by atoms with Gasteiger partial charge in [-0.2, -0.15) is 0 Å². The maximum Gasteiger partial charge on any atom is 0.314 e. The van der Waals surface area contributed by atoms with Crippen LogP contribution in [-0.4, -0.2) is 30.4 Å². The molecule has 0 aliphatic heterocycles. The zero-order valence-electron chi connectivity index (χ0n) is 11.1. The van der Waals surface area contributed by atoms with E-state index in [-0.39, 0.29) is 11.5 Å². The highest BCUT2D eigenvalue weighted by Crippen LogP contribution is 2.48. The molecule has 1 aromatic rings. The number of carbonyl (C=O) groups is 1. The predicted molar refractivity (Wildman–Crippen MR) is 69.0 cm³/mol. The van der Waals surface area contributed by atoms with Gasteiger partial charge in [0, 0.05) is 11.6 Å². The van der Waals surface area contributed by atoms with Crippen molar-refractivity contribution in [2.24, 2.45) is 0 Å². The molecule has 0 atom stereocenters. The molecule has 1 saturated carbocycles. The quantitative estimate of drug-likeness (QED) is 0.874. The Labute approximate surface area is 111 Å². The largest absolute Gasteiger partial charge is 0.504 e. The molecule has 0 unspecified atom stereocenters. The van der Waals surface area contributed by atoms with Crippen molar-refractivity contribution < 1.29 is 24.5 Å². The molecule has 2 rings (SSSR count). The van der Waals surface area contributed by atoms with Crippen LogP contribution in [0.4, 0.5) is 0 Å². The molecule has 19 heavy (non-hydrogen) atoms. The molecule has 2 N–H and O–H groups in total. The number of hydrogen-bond donors (Lipinski definition) is 2. The van der Waals surface area contributed by atoms with Crippen molar-refractivity contribution in [3.05, 3.63) is 17.7 Å². The Hall–Kier alpha value is -1.91. The summed E-state index contributed by atoms with van der Waals surface area (Å²) in [6.45, 7) is 0. The number of methoxy groups -OCH3 is 2. The third kappa shape index (κ3) is 2.09. The topological polar surface area (TPSA) is 76.0 Å². The Balaban J connectivity index is 2.61. The van der Waals surface area contributed by atoms with Crippen molar-refractivity contribution in [1.82, 2.24) is 0 Å². The minimum Gasteiger partial charge on any atom is -0.504 e. The SMILES string of the molecule is COc1cc(C2(C(=O)O)CCCC2)c(OC)cc1O. The number of phenols is 1. The lowest BCUT2D eigenvalue weighted by atomic mass is 9.78. The molecule has 5 nitrogen and oxygen atoms in total. The van der Waals surface area contributed by atoms with Crippen LogP contribution < -0.4 is 9.47 Å². The third-order valence-electron chi connectivity index (χ3n) is 3.88. The maximum absolute atomic E-state index is 11.7. The summed E-state index contributed by atoms with van der Waals surface area (Å²) in [4.78, 5) is 11.7. The third-order valence-corrected chi connectivity index (χ3v) is 3.88. The van der Waals surface area contributed by atoms with E-state index >= 15 is 0 Å². The van der Waals surface area contributed by atoms with Crippen LogP contribution in [0.2, 0.25) is 0 Å². The molecular formula is C14H18O5. The fraction of sp³-hybridized carbons (Fsp3) is 0.500. The second kappa shape index (κ2) is 4.99. The summed E-state index contributed by atoms with van der Waals surface area (Å²) >= 11 is 0. The molecule has 0 amide bonds. The molecule has 0 heterocycles. The van der Waals surface area contributed by atoms with Crippen LogP contribution in [0.5, 0.6) is 17.2 Å². The van der Waals surface area contributed by atoms with Gasteiger partial charge in [-0.1, -0.05) is 12.8 Å². The molecule has 104 valence electrons. The van der Waals surface area contributed by atoms with Crippen LogP contribution in [0.3, 0.4) is 0 Å². The molecule has 1 aliphatic rings. The Morgan fingerprint density at radius 3 is 2.21 bits per heavy atom. The van der Waals surface area contributed by atoms with Gasteiger partial charge in [0.1, 0.15) is 5.75 Å². The first kappa shape index (κ1) is 13.5. The number of aliphatic carboxylic acids is 1. The highest BCUT2D eigenvalue weighted by Gasteiger charge is 2.45. The van der Waals surface area contributed by atoms with Gasteiger partial charge in [-0.05, 0) is 18.9 Å². The highest BCUT2D eigenvalue weighted by molar-refractivity contribution is 5.83. The highest BCUT2D eigenvalue weighted by atomic mass is 16.5. The van der Waals surface area contributed by atoms with Crippen LogP contribution in [0, 0.1) is 0 Å². The van der Waals surface area contributed by atoms with Crippen LogP contribution >= 0.6 is 0 Å². The van der Waals surface area contributed by atoms with E-state index in [1.807, 2.05) is 0 Å². The maximum atomic E-state index is 11.7. The number of hydrogen-bond acceptors (Lipinski definition) is 4. The van der Waals surface area contributed by atoms with Gasteiger partial charge in [-0.25, -0.2) is 0 Å². The fourth-order valence-corrected chi connectivity index (χ4v) is 2.83. The van der Waals surface area contributed by atoms with E-state index in [9.17, 15) is 15.0 Å². The zero-order valence-corrected chi connectivity index (χ0v) is 11.1. The first-order valence-electron chi connectivity index (χ1n) is 6.24. The molecule has 0 bridgehead atoms. The second-order valence-corrected chi connectivity index (χ2v) is 4.82. The molecule has 0 radical (unpaired) electrons. The van der Waals surface area contributed by atoms with Gasteiger partial charge in [-0.15, -0.1) is 0 Å². The van der Waals surface area contributed by atoms with E-state index in [4.69, 9.17) is 9.47 Å². The number of benzene rings is 1. The van der Waals surface area contributed by atoms with E-state index in [0.717, 1.165) is 12.8 Å². The summed E-state index contributed by atoms with van der Waals surface area (Å²) in [5, 5.41) is 19.4. The summed E-state index contributed by atoms with van der Waals surface area (Å²) in [6, 6.07) is 2.99. The van der Waals surface area contributed by atoms with Gasteiger partial charge in [0.05, 0.1) is 19.6 Å². The Morgan fingerprint density at radius 1 is 1.16 bits per heavy atom. The lowest BCUT2D eigenvalue weighted by molar-refractivity contribution is -0.143. The normalized spacial score (nSPS) is 17.2. The van der Waals surface area contributed by atoms with Crippen molar-refractivity contribution >= 4 is 5.97 Å². The predicted octanol–water partition coefficient (Wildman–Crippen LogP) is 2.31. The Kier molecular flexibility index (Phi) is 3.55. The number of carboxylic acids is 1. The van der Waals surface area contributed by atoms with Gasteiger partial charge in [0.2, 0.25) is 0 Å². The number of carboxylic acid groups (broad SMARTS) is 1. The molecule has 0 saturated heterocycles. The van der Waals surface area contributed by atoms with Gasteiger partial charge >= 0.3 is 5.97 Å². The number of aromatic hydroxyl groups is 1. The first-order valence-corrected chi connectivity index (χ1v) is 6.24. The van der Waals surface area contributed by atoms with Crippen molar-refractivity contribution in [2.75, 3.05) is 14.2 Å². The summed E-state index contributed by atoms with van der Waals surface area (Å²) in [5.74, 6) is -0.247. The standard InChI is InChI=1S/C14H18O5/c1-18-11-8-10(15)12(19-2)7-9(11)14(13(16)17)5-3-4-6-14/h7-8,15H,3-6H2,1-2H3,(H,16,17). The summed E-state index contributed by atoms with van der Waals surface area (Å²) in [6.07, 6.45) is 2.90. The molecular weight excluding hydrogens is 248 g/mol. The van der Waals surface area contributed by atoms with Crippen LogP contribution in [-0.2, 0) is 10.2 Å². The number of rotatable bonds is 4. The molecule has 1 aliphatic carbocycles. The van der Waals surface area contributed by atoms with Crippen molar-refractivity contribution in [3.63, 3.8) is 0 Å². The minimum atomic E-state index is -0.938. The minimum absolute atomic E-state index is 0.0540. The summed E-state index contributed by atoms with van der Waals surface area (Å²) < 4.78 is 10.3. The van der Waals surface area contributed by atoms with E-state index in [2.05, 4.69) is 0 Å². The molecule has 5 heteroatoms. The van der Waals surface area contributed by atoms with Gasteiger partial charge in [-0.3, -0.25) is 4.79 Å². The molecule has 1 fully saturated rings. The average molecular weight is 266 g/mol. The summed E-state index contributed by atoms with van der Waals surface area (Å²) in [7, 11) is 2.91. The number of phenolic OH excluding ortho intramolecular Hbond substituents is 1. The lowest BCUT2D eigenvalue weighted by Gasteiger charge is -2.27. The van der Waals surface area contributed by atoms with Gasteiger partial charge < -0.3 is 19.7 Å². The second-order valence-electron chi connectivity index (χ2n) is 4.82. The molecule has 0 spiro atoms. The fourth-order valence-electron chi connectivity index (χ4n) is 2.83. The van der Waals surface area contributed by atoms with E-state index in [0.29, 0.717) is 24.2 Å². The van der Waals surface area contributed by atoms with Crippen LogP contribution in [0.15, 0.2) is 12.1 Å². The van der Waals surface area contributed by atoms with E-state index in [1.54, 1.807) is 6.07 Å².